The minimum Gasteiger partial charge on any atom is -0.370 e. The van der Waals surface area contributed by atoms with Gasteiger partial charge in [-0.05, 0) is 19.9 Å². The first kappa shape index (κ1) is 14.3. The fourth-order valence-corrected chi connectivity index (χ4v) is 1.88. The maximum absolute atomic E-state index is 12.2. The van der Waals surface area contributed by atoms with Crippen LogP contribution in [0.15, 0.2) is 24.7 Å². The van der Waals surface area contributed by atoms with Crippen LogP contribution in [-0.4, -0.2) is 27.2 Å². The van der Waals surface area contributed by atoms with E-state index in [0.717, 1.165) is 13.1 Å². The Labute approximate surface area is 122 Å². The summed E-state index contributed by atoms with van der Waals surface area (Å²) in [5.41, 5.74) is 1.01. The van der Waals surface area contributed by atoms with Crippen LogP contribution in [0.3, 0.4) is 0 Å². The number of carbonyl (C=O) groups excluding carboxylic acids is 1. The molecule has 0 aliphatic heterocycles. The fraction of sp³-hybridized carbons (Fsp3) is 0.308. The van der Waals surface area contributed by atoms with E-state index in [9.17, 15) is 4.79 Å². The van der Waals surface area contributed by atoms with Gasteiger partial charge < -0.3 is 10.6 Å². The minimum atomic E-state index is -0.285. The Morgan fingerprint density at radius 1 is 1.40 bits per heavy atom. The standard InChI is InChI=1S/C13H16ClN5O/c1-3-15-12-5-10(11(14)7-16-12)13(20)18-9-6-17-19(4-2)8-9/h5-8H,3-4H2,1-2H3,(H,15,16)(H,18,20). The number of halogens is 1. The van der Waals surface area contributed by atoms with E-state index in [1.54, 1.807) is 23.1 Å². The minimum absolute atomic E-state index is 0.285. The summed E-state index contributed by atoms with van der Waals surface area (Å²) in [6.07, 6.45) is 4.82. The molecule has 2 N–H and O–H groups in total. The third-order valence-electron chi connectivity index (χ3n) is 2.67. The van der Waals surface area contributed by atoms with E-state index >= 15 is 0 Å². The monoisotopic (exact) mass is 293 g/mol. The first-order chi connectivity index (χ1) is 9.63. The van der Waals surface area contributed by atoms with Crippen LogP contribution in [0.1, 0.15) is 24.2 Å². The number of hydrogen-bond acceptors (Lipinski definition) is 4. The topological polar surface area (TPSA) is 71.8 Å². The van der Waals surface area contributed by atoms with Gasteiger partial charge in [-0.25, -0.2) is 4.98 Å². The Bertz CT molecular complexity index is 611. The van der Waals surface area contributed by atoms with Gasteiger partial charge in [-0.2, -0.15) is 5.10 Å². The van der Waals surface area contributed by atoms with Crippen LogP contribution in [-0.2, 0) is 6.54 Å². The molecule has 2 heterocycles. The van der Waals surface area contributed by atoms with E-state index in [0.29, 0.717) is 22.1 Å². The molecule has 0 bridgehead atoms. The van der Waals surface area contributed by atoms with Gasteiger partial charge in [0, 0.05) is 25.5 Å². The maximum atomic E-state index is 12.2. The predicted octanol–water partition coefficient (Wildman–Crippen LogP) is 2.64. The van der Waals surface area contributed by atoms with Crippen LogP contribution in [0, 0.1) is 0 Å². The van der Waals surface area contributed by atoms with Gasteiger partial charge in [0.15, 0.2) is 0 Å². The summed E-state index contributed by atoms with van der Waals surface area (Å²) in [7, 11) is 0. The lowest BCUT2D eigenvalue weighted by atomic mass is 10.2. The van der Waals surface area contributed by atoms with Gasteiger partial charge in [-0.1, -0.05) is 11.6 Å². The van der Waals surface area contributed by atoms with Crippen molar-refractivity contribution < 1.29 is 4.79 Å². The number of pyridine rings is 1. The van der Waals surface area contributed by atoms with Crippen molar-refractivity contribution in [1.29, 1.82) is 0 Å². The average Bonchev–Trinajstić information content (AvgIpc) is 2.88. The first-order valence-electron chi connectivity index (χ1n) is 6.37. The van der Waals surface area contributed by atoms with Gasteiger partial charge in [0.25, 0.3) is 5.91 Å². The van der Waals surface area contributed by atoms with Crippen LogP contribution in [0.2, 0.25) is 5.02 Å². The van der Waals surface area contributed by atoms with Gasteiger partial charge >= 0.3 is 0 Å². The normalized spacial score (nSPS) is 10.3. The molecule has 0 saturated heterocycles. The lowest BCUT2D eigenvalue weighted by Crippen LogP contribution is -2.13. The number of anilines is 2. The zero-order chi connectivity index (χ0) is 14.5. The summed E-state index contributed by atoms with van der Waals surface area (Å²) < 4.78 is 1.73. The van der Waals surface area contributed by atoms with Crippen molar-refractivity contribution in [3.8, 4) is 0 Å². The quantitative estimate of drug-likeness (QED) is 0.889. The van der Waals surface area contributed by atoms with Crippen molar-refractivity contribution in [2.24, 2.45) is 0 Å². The molecule has 1 amide bonds. The summed E-state index contributed by atoms with van der Waals surface area (Å²) in [4.78, 5) is 16.3. The highest BCUT2D eigenvalue weighted by Crippen LogP contribution is 2.19. The van der Waals surface area contributed by atoms with Crippen molar-refractivity contribution in [2.45, 2.75) is 20.4 Å². The van der Waals surface area contributed by atoms with E-state index in [4.69, 9.17) is 11.6 Å². The molecule has 2 rings (SSSR count). The van der Waals surface area contributed by atoms with E-state index in [2.05, 4.69) is 20.7 Å². The molecule has 0 spiro atoms. The second-order valence-corrected chi connectivity index (χ2v) is 4.53. The predicted molar refractivity (Wildman–Crippen MR) is 79.3 cm³/mol. The van der Waals surface area contributed by atoms with Crippen LogP contribution >= 0.6 is 11.6 Å². The second kappa shape index (κ2) is 6.38. The van der Waals surface area contributed by atoms with Crippen LogP contribution in [0.25, 0.3) is 0 Å². The summed E-state index contributed by atoms with van der Waals surface area (Å²) in [5, 5.41) is 10.2. The molecule has 0 saturated carbocycles. The van der Waals surface area contributed by atoms with E-state index in [1.165, 1.54) is 6.20 Å². The maximum Gasteiger partial charge on any atom is 0.257 e. The van der Waals surface area contributed by atoms with E-state index in [-0.39, 0.29) is 5.91 Å². The van der Waals surface area contributed by atoms with Gasteiger partial charge in [0.1, 0.15) is 5.82 Å². The molecule has 0 radical (unpaired) electrons. The molecule has 106 valence electrons. The number of rotatable bonds is 5. The molecule has 0 aromatic carbocycles. The van der Waals surface area contributed by atoms with Gasteiger partial charge in [-0.15, -0.1) is 0 Å². The highest BCUT2D eigenvalue weighted by molar-refractivity contribution is 6.34. The number of hydrogen-bond donors (Lipinski definition) is 2. The van der Waals surface area contributed by atoms with Crippen molar-refractivity contribution in [1.82, 2.24) is 14.8 Å². The Balaban J connectivity index is 2.17. The summed E-state index contributed by atoms with van der Waals surface area (Å²) in [5.74, 6) is 0.332. The Hall–Kier alpha value is -2.08. The molecule has 0 aliphatic rings. The Morgan fingerprint density at radius 2 is 2.20 bits per heavy atom. The number of aryl methyl sites for hydroxylation is 1. The summed E-state index contributed by atoms with van der Waals surface area (Å²) in [6, 6.07) is 1.63. The van der Waals surface area contributed by atoms with Gasteiger partial charge in [0.05, 0.1) is 22.5 Å². The molecule has 7 heteroatoms. The summed E-state index contributed by atoms with van der Waals surface area (Å²) in [6.45, 7) is 5.39. The molecular formula is C13H16ClN5O. The fourth-order valence-electron chi connectivity index (χ4n) is 1.69. The third kappa shape index (κ3) is 3.27. The molecule has 0 aliphatic carbocycles. The third-order valence-corrected chi connectivity index (χ3v) is 2.97. The number of nitrogens with one attached hydrogen (secondary N) is 2. The molecule has 2 aromatic rings. The van der Waals surface area contributed by atoms with Gasteiger partial charge in [0.2, 0.25) is 0 Å². The van der Waals surface area contributed by atoms with E-state index < -0.39 is 0 Å². The zero-order valence-corrected chi connectivity index (χ0v) is 12.1. The number of nitrogens with zero attached hydrogens (tertiary/aromatic N) is 3. The highest BCUT2D eigenvalue weighted by atomic mass is 35.5. The SMILES string of the molecule is CCNc1cc(C(=O)Nc2cnn(CC)c2)c(Cl)cn1. The lowest BCUT2D eigenvalue weighted by molar-refractivity contribution is 0.102. The largest absolute Gasteiger partial charge is 0.370 e. The van der Waals surface area contributed by atoms with Crippen molar-refractivity contribution in [2.75, 3.05) is 17.2 Å². The molecular weight excluding hydrogens is 278 g/mol. The van der Waals surface area contributed by atoms with Crippen molar-refractivity contribution in [3.05, 3.63) is 35.2 Å². The molecule has 0 atom stereocenters. The summed E-state index contributed by atoms with van der Waals surface area (Å²) >= 11 is 6.02. The van der Waals surface area contributed by atoms with Crippen molar-refractivity contribution >= 4 is 29.0 Å². The first-order valence-corrected chi connectivity index (χ1v) is 6.75. The lowest BCUT2D eigenvalue weighted by Gasteiger charge is -2.07. The zero-order valence-electron chi connectivity index (χ0n) is 11.4. The highest BCUT2D eigenvalue weighted by Gasteiger charge is 2.13. The number of carbonyl (C=O) groups is 1. The Morgan fingerprint density at radius 3 is 2.85 bits per heavy atom. The second-order valence-electron chi connectivity index (χ2n) is 4.12. The number of amides is 1. The molecule has 0 unspecified atom stereocenters. The van der Waals surface area contributed by atoms with Crippen molar-refractivity contribution in [3.63, 3.8) is 0 Å². The average molecular weight is 294 g/mol. The molecule has 0 fully saturated rings. The Kier molecular flexibility index (Phi) is 4.57. The molecule has 20 heavy (non-hydrogen) atoms. The van der Waals surface area contributed by atoms with Crippen LogP contribution in [0.5, 0.6) is 0 Å². The van der Waals surface area contributed by atoms with Crippen LogP contribution in [0.4, 0.5) is 11.5 Å². The van der Waals surface area contributed by atoms with Gasteiger partial charge in [-0.3, -0.25) is 9.48 Å². The van der Waals surface area contributed by atoms with Crippen LogP contribution < -0.4 is 10.6 Å². The number of aromatic nitrogens is 3. The van der Waals surface area contributed by atoms with E-state index in [1.807, 2.05) is 13.8 Å². The molecule has 2 aromatic heterocycles. The smallest absolute Gasteiger partial charge is 0.257 e. The molecule has 6 nitrogen and oxygen atoms in total.